The Kier molecular flexibility index (Phi) is 4.06. The number of nitriles is 1. The number of benzene rings is 2. The summed E-state index contributed by atoms with van der Waals surface area (Å²) in [6.45, 7) is 0. The highest BCUT2D eigenvalue weighted by atomic mass is 32.2. The van der Waals surface area contributed by atoms with Gasteiger partial charge in [-0.3, -0.25) is 4.72 Å². The molecule has 0 unspecified atom stereocenters. The summed E-state index contributed by atoms with van der Waals surface area (Å²) < 4.78 is 32.7. The molecule has 0 amide bonds. The van der Waals surface area contributed by atoms with Crippen molar-refractivity contribution in [2.45, 2.75) is 11.3 Å². The first-order valence-corrected chi connectivity index (χ1v) is 8.49. The lowest BCUT2D eigenvalue weighted by Crippen LogP contribution is -2.15. The largest absolute Gasteiger partial charge is 0.423 e. The topological polar surface area (TPSA) is 100 Å². The Bertz CT molecular complexity index is 1110. The second-order valence-electron chi connectivity index (χ2n) is 5.06. The molecule has 6 nitrogen and oxygen atoms in total. The SMILES string of the molecule is N#CCc1ccccc1S(=O)(=O)Nc1ccc2oc(=O)ccc2c1. The van der Waals surface area contributed by atoms with Gasteiger partial charge in [-0.25, -0.2) is 13.2 Å². The summed E-state index contributed by atoms with van der Waals surface area (Å²) >= 11 is 0. The van der Waals surface area contributed by atoms with Crippen LogP contribution in [0.25, 0.3) is 11.0 Å². The van der Waals surface area contributed by atoms with Crippen LogP contribution in [0.5, 0.6) is 0 Å². The highest BCUT2D eigenvalue weighted by Gasteiger charge is 2.18. The Morgan fingerprint density at radius 1 is 1.08 bits per heavy atom. The smallest absolute Gasteiger partial charge is 0.336 e. The minimum Gasteiger partial charge on any atom is -0.423 e. The summed E-state index contributed by atoms with van der Waals surface area (Å²) in [4.78, 5) is 11.2. The average molecular weight is 340 g/mol. The molecule has 0 atom stereocenters. The average Bonchev–Trinajstić information content (AvgIpc) is 2.55. The van der Waals surface area contributed by atoms with Crippen molar-refractivity contribution in [2.24, 2.45) is 0 Å². The van der Waals surface area contributed by atoms with Crippen LogP contribution in [-0.2, 0) is 16.4 Å². The monoisotopic (exact) mass is 340 g/mol. The van der Waals surface area contributed by atoms with Gasteiger partial charge in [0, 0.05) is 17.1 Å². The molecule has 0 aliphatic rings. The maximum absolute atomic E-state index is 12.6. The Morgan fingerprint density at radius 2 is 1.88 bits per heavy atom. The van der Waals surface area contributed by atoms with E-state index in [1.165, 1.54) is 24.3 Å². The van der Waals surface area contributed by atoms with Crippen molar-refractivity contribution in [3.8, 4) is 6.07 Å². The number of nitrogens with one attached hydrogen (secondary N) is 1. The molecular formula is C17H12N2O4S. The number of sulfonamides is 1. The molecule has 7 heteroatoms. The molecule has 120 valence electrons. The molecule has 0 radical (unpaired) electrons. The fourth-order valence-electron chi connectivity index (χ4n) is 2.34. The third-order valence-corrected chi connectivity index (χ3v) is 4.88. The highest BCUT2D eigenvalue weighted by molar-refractivity contribution is 7.92. The lowest BCUT2D eigenvalue weighted by Gasteiger charge is -2.11. The van der Waals surface area contributed by atoms with Gasteiger partial charge in [-0.05, 0) is 35.9 Å². The summed E-state index contributed by atoms with van der Waals surface area (Å²) in [6, 6.07) is 15.7. The third-order valence-electron chi connectivity index (χ3n) is 3.40. The lowest BCUT2D eigenvalue weighted by atomic mass is 10.2. The summed E-state index contributed by atoms with van der Waals surface area (Å²) in [6.07, 6.45) is -0.0000392. The van der Waals surface area contributed by atoms with Gasteiger partial charge in [-0.15, -0.1) is 0 Å². The molecule has 0 bridgehead atoms. The molecule has 0 saturated carbocycles. The van der Waals surface area contributed by atoms with E-state index in [0.29, 0.717) is 22.2 Å². The van der Waals surface area contributed by atoms with E-state index in [0.717, 1.165) is 0 Å². The molecule has 0 aliphatic heterocycles. The second-order valence-corrected chi connectivity index (χ2v) is 6.71. The van der Waals surface area contributed by atoms with Crippen molar-refractivity contribution in [1.82, 2.24) is 0 Å². The van der Waals surface area contributed by atoms with Crippen molar-refractivity contribution in [1.29, 1.82) is 5.26 Å². The van der Waals surface area contributed by atoms with Crippen LogP contribution >= 0.6 is 0 Å². The van der Waals surface area contributed by atoms with Gasteiger partial charge in [0.2, 0.25) is 0 Å². The molecule has 1 heterocycles. The van der Waals surface area contributed by atoms with Crippen molar-refractivity contribution in [3.05, 3.63) is 70.6 Å². The van der Waals surface area contributed by atoms with E-state index in [4.69, 9.17) is 9.68 Å². The lowest BCUT2D eigenvalue weighted by molar-refractivity contribution is 0.561. The number of hydrogen-bond acceptors (Lipinski definition) is 5. The predicted octanol–water partition coefficient (Wildman–Crippen LogP) is 2.66. The van der Waals surface area contributed by atoms with Gasteiger partial charge in [-0.1, -0.05) is 18.2 Å². The van der Waals surface area contributed by atoms with Crippen LogP contribution in [0, 0.1) is 11.3 Å². The first-order chi connectivity index (χ1) is 11.5. The number of rotatable bonds is 4. The van der Waals surface area contributed by atoms with E-state index in [1.54, 1.807) is 30.3 Å². The minimum atomic E-state index is -3.84. The van der Waals surface area contributed by atoms with Gasteiger partial charge in [-0.2, -0.15) is 5.26 Å². The van der Waals surface area contributed by atoms with E-state index in [-0.39, 0.29) is 11.3 Å². The fraction of sp³-hybridized carbons (Fsp3) is 0.0588. The van der Waals surface area contributed by atoms with Gasteiger partial charge in [0.25, 0.3) is 10.0 Å². The first-order valence-electron chi connectivity index (χ1n) is 7.01. The quantitative estimate of drug-likeness (QED) is 0.736. The van der Waals surface area contributed by atoms with E-state index >= 15 is 0 Å². The molecule has 2 aromatic carbocycles. The predicted molar refractivity (Wildman–Crippen MR) is 89.1 cm³/mol. The Labute approximate surface area is 138 Å². The standard InChI is InChI=1S/C17H12N2O4S/c18-10-9-12-3-1-2-4-16(12)24(21,22)19-14-6-7-15-13(11-14)5-8-17(20)23-15/h1-8,11,19H,9H2. The third kappa shape index (κ3) is 3.14. The van der Waals surface area contributed by atoms with Gasteiger partial charge in [0.1, 0.15) is 5.58 Å². The molecule has 3 rings (SSSR count). The Hall–Kier alpha value is -3.11. The van der Waals surface area contributed by atoms with Crippen molar-refractivity contribution in [3.63, 3.8) is 0 Å². The molecule has 1 N–H and O–H groups in total. The number of fused-ring (bicyclic) bond motifs is 1. The highest BCUT2D eigenvalue weighted by Crippen LogP contribution is 2.23. The molecule has 0 fully saturated rings. The van der Waals surface area contributed by atoms with Crippen molar-refractivity contribution in [2.75, 3.05) is 4.72 Å². The van der Waals surface area contributed by atoms with Gasteiger partial charge < -0.3 is 4.42 Å². The molecular weight excluding hydrogens is 328 g/mol. The van der Waals surface area contributed by atoms with Crippen molar-refractivity contribution < 1.29 is 12.8 Å². The number of anilines is 1. The minimum absolute atomic E-state index is 0.0000392. The van der Waals surface area contributed by atoms with Crippen LogP contribution < -0.4 is 10.3 Å². The van der Waals surface area contributed by atoms with Gasteiger partial charge in [0.15, 0.2) is 0 Å². The van der Waals surface area contributed by atoms with Crippen LogP contribution in [0.15, 0.2) is 68.7 Å². The molecule has 1 aromatic heterocycles. The maximum Gasteiger partial charge on any atom is 0.336 e. The molecule has 24 heavy (non-hydrogen) atoms. The van der Waals surface area contributed by atoms with Crippen LogP contribution in [-0.4, -0.2) is 8.42 Å². The van der Waals surface area contributed by atoms with Crippen LogP contribution in [0.2, 0.25) is 0 Å². The Morgan fingerprint density at radius 3 is 2.67 bits per heavy atom. The molecule has 0 spiro atoms. The maximum atomic E-state index is 12.6. The Balaban J connectivity index is 2.00. The molecule has 0 aliphatic carbocycles. The number of hydrogen-bond donors (Lipinski definition) is 1. The van der Waals surface area contributed by atoms with Crippen LogP contribution in [0.3, 0.4) is 0 Å². The van der Waals surface area contributed by atoms with Crippen molar-refractivity contribution >= 4 is 26.7 Å². The summed E-state index contributed by atoms with van der Waals surface area (Å²) in [5, 5.41) is 9.44. The van der Waals surface area contributed by atoms with Crippen LogP contribution in [0.4, 0.5) is 5.69 Å². The van der Waals surface area contributed by atoms with E-state index in [2.05, 4.69) is 4.72 Å². The molecule has 0 saturated heterocycles. The van der Waals surface area contributed by atoms with E-state index < -0.39 is 15.6 Å². The van der Waals surface area contributed by atoms with Crippen LogP contribution in [0.1, 0.15) is 5.56 Å². The van der Waals surface area contributed by atoms with Gasteiger partial charge in [0.05, 0.1) is 17.4 Å². The number of nitrogens with zero attached hydrogens (tertiary/aromatic N) is 1. The summed E-state index contributed by atoms with van der Waals surface area (Å²) in [5.74, 6) is 0. The fourth-order valence-corrected chi connectivity index (χ4v) is 3.63. The normalized spacial score (nSPS) is 11.1. The summed E-state index contributed by atoms with van der Waals surface area (Å²) in [7, 11) is -3.84. The zero-order valence-electron chi connectivity index (χ0n) is 12.4. The first kappa shape index (κ1) is 15.8. The zero-order chi connectivity index (χ0) is 17.2. The van der Waals surface area contributed by atoms with E-state index in [1.807, 2.05) is 6.07 Å². The van der Waals surface area contributed by atoms with Gasteiger partial charge >= 0.3 is 5.63 Å². The van der Waals surface area contributed by atoms with E-state index in [9.17, 15) is 13.2 Å². The second kappa shape index (κ2) is 6.18. The molecule has 3 aromatic rings. The zero-order valence-corrected chi connectivity index (χ0v) is 13.2. The summed E-state index contributed by atoms with van der Waals surface area (Å²) in [5.41, 5.74) is 0.666.